The first-order valence-electron chi connectivity index (χ1n) is 11.5. The zero-order valence-corrected chi connectivity index (χ0v) is 20.7. The third-order valence-corrected chi connectivity index (χ3v) is 7.05. The summed E-state index contributed by atoms with van der Waals surface area (Å²) in [6.45, 7) is 7.95. The summed E-state index contributed by atoms with van der Waals surface area (Å²) < 4.78 is 0. The first-order valence-corrected chi connectivity index (χ1v) is 12.9. The van der Waals surface area contributed by atoms with E-state index < -0.39 is 42.0 Å². The summed E-state index contributed by atoms with van der Waals surface area (Å²) in [5, 5.41) is 14.8. The molecule has 1 fully saturated rings. The van der Waals surface area contributed by atoms with E-state index in [0.29, 0.717) is 38.0 Å². The number of rotatable bonds is 13. The number of likely N-dealkylation sites (tertiary alicyclic amines) is 1. The van der Waals surface area contributed by atoms with Gasteiger partial charge in [-0.2, -0.15) is 11.8 Å². The van der Waals surface area contributed by atoms with Crippen LogP contribution in [0.1, 0.15) is 59.8 Å². The van der Waals surface area contributed by atoms with E-state index in [4.69, 9.17) is 5.73 Å². The molecule has 0 spiro atoms. The van der Waals surface area contributed by atoms with E-state index in [-0.39, 0.29) is 17.7 Å². The lowest BCUT2D eigenvalue weighted by atomic mass is 9.98. The third kappa shape index (κ3) is 7.65. The predicted octanol–water partition coefficient (Wildman–Crippen LogP) is 1.20. The van der Waals surface area contributed by atoms with Gasteiger partial charge in [-0.25, -0.2) is 4.79 Å². The van der Waals surface area contributed by atoms with E-state index in [1.54, 1.807) is 6.92 Å². The maximum absolute atomic E-state index is 13.1. The molecule has 3 amide bonds. The average Bonchev–Trinajstić information content (AvgIpc) is 3.27. The number of hydrogen-bond donors (Lipinski definition) is 4. The highest BCUT2D eigenvalue weighted by Gasteiger charge is 2.38. The highest BCUT2D eigenvalue weighted by atomic mass is 32.2. The van der Waals surface area contributed by atoms with Gasteiger partial charge in [-0.1, -0.05) is 40.5 Å². The van der Waals surface area contributed by atoms with Crippen LogP contribution in [-0.4, -0.2) is 76.4 Å². The maximum atomic E-state index is 13.1. The van der Waals surface area contributed by atoms with Gasteiger partial charge in [0.2, 0.25) is 17.7 Å². The molecule has 1 rings (SSSR count). The summed E-state index contributed by atoms with van der Waals surface area (Å²) in [6, 6.07) is -3.25. The van der Waals surface area contributed by atoms with Crippen LogP contribution in [0.5, 0.6) is 0 Å². The monoisotopic (exact) mass is 472 g/mol. The van der Waals surface area contributed by atoms with Crippen LogP contribution in [0.4, 0.5) is 0 Å². The fourth-order valence-electron chi connectivity index (χ4n) is 3.70. The molecular formula is C22H40N4O5S. The summed E-state index contributed by atoms with van der Waals surface area (Å²) in [7, 11) is 0. The van der Waals surface area contributed by atoms with E-state index in [1.165, 1.54) is 16.7 Å². The minimum atomic E-state index is -1.10. The van der Waals surface area contributed by atoms with Crippen molar-refractivity contribution in [2.45, 2.75) is 84.0 Å². The van der Waals surface area contributed by atoms with Gasteiger partial charge in [0.25, 0.3) is 0 Å². The molecule has 0 aromatic rings. The second-order valence-corrected chi connectivity index (χ2v) is 9.64. The van der Waals surface area contributed by atoms with Crippen molar-refractivity contribution in [2.24, 2.45) is 17.6 Å². The molecule has 0 radical (unpaired) electrons. The molecule has 0 saturated carbocycles. The molecular weight excluding hydrogens is 432 g/mol. The summed E-state index contributed by atoms with van der Waals surface area (Å²) >= 11 is 1.53. The molecule has 1 heterocycles. The van der Waals surface area contributed by atoms with Gasteiger partial charge in [-0.15, -0.1) is 0 Å². The third-order valence-electron chi connectivity index (χ3n) is 6.40. The van der Waals surface area contributed by atoms with Gasteiger partial charge < -0.3 is 26.4 Å². The van der Waals surface area contributed by atoms with E-state index in [1.807, 2.05) is 27.0 Å². The average molecular weight is 473 g/mol. The molecule has 5 N–H and O–H groups in total. The standard InChI is InChI=1S/C22H40N4O5S/c1-6-13(3)17(23)21(29)26-11-8-9-16(26)20(28)24-15(10-12-32-5)19(27)25-18(22(30)31)14(4)7-2/h13-18H,6-12,23H2,1-5H3,(H,24,28)(H,25,27)(H,30,31). The van der Waals surface area contributed by atoms with Crippen LogP contribution in [-0.2, 0) is 19.2 Å². The van der Waals surface area contributed by atoms with Gasteiger partial charge in [0.1, 0.15) is 18.1 Å². The molecule has 6 atom stereocenters. The van der Waals surface area contributed by atoms with Crippen LogP contribution in [0.3, 0.4) is 0 Å². The first-order chi connectivity index (χ1) is 15.1. The molecule has 1 aliphatic heterocycles. The minimum absolute atomic E-state index is 0.000392. The van der Waals surface area contributed by atoms with Gasteiger partial charge in [0, 0.05) is 6.54 Å². The first kappa shape index (κ1) is 28.2. The number of thioether (sulfide) groups is 1. The molecule has 0 aromatic carbocycles. The Morgan fingerprint density at radius 1 is 1.12 bits per heavy atom. The van der Waals surface area contributed by atoms with Crippen molar-refractivity contribution in [3.05, 3.63) is 0 Å². The lowest BCUT2D eigenvalue weighted by Crippen LogP contribution is -2.57. The number of aliphatic carboxylic acids is 1. The molecule has 1 saturated heterocycles. The molecule has 0 bridgehead atoms. The fourth-order valence-corrected chi connectivity index (χ4v) is 4.17. The number of carbonyl (C=O) groups is 4. The van der Waals surface area contributed by atoms with Gasteiger partial charge in [-0.05, 0) is 43.1 Å². The van der Waals surface area contributed by atoms with Gasteiger partial charge in [-0.3, -0.25) is 14.4 Å². The van der Waals surface area contributed by atoms with Crippen LogP contribution in [0.15, 0.2) is 0 Å². The number of carboxylic acid groups (broad SMARTS) is 1. The van der Waals surface area contributed by atoms with Crippen molar-refractivity contribution >= 4 is 35.5 Å². The summed E-state index contributed by atoms with van der Waals surface area (Å²) in [6.07, 6.45) is 4.80. The second kappa shape index (κ2) is 13.7. The molecule has 32 heavy (non-hydrogen) atoms. The summed E-state index contributed by atoms with van der Waals surface area (Å²) in [4.78, 5) is 51.9. The number of carbonyl (C=O) groups excluding carboxylic acids is 3. The lowest BCUT2D eigenvalue weighted by Gasteiger charge is -2.30. The Kier molecular flexibility index (Phi) is 12.1. The zero-order chi connectivity index (χ0) is 24.4. The molecule has 6 unspecified atom stereocenters. The van der Waals surface area contributed by atoms with Gasteiger partial charge in [0.05, 0.1) is 6.04 Å². The van der Waals surface area contributed by atoms with Crippen molar-refractivity contribution in [3.8, 4) is 0 Å². The quantitative estimate of drug-likeness (QED) is 0.315. The van der Waals surface area contributed by atoms with Gasteiger partial charge >= 0.3 is 5.97 Å². The van der Waals surface area contributed by atoms with E-state index in [9.17, 15) is 24.3 Å². The van der Waals surface area contributed by atoms with Crippen LogP contribution >= 0.6 is 11.8 Å². The highest BCUT2D eigenvalue weighted by Crippen LogP contribution is 2.21. The van der Waals surface area contributed by atoms with E-state index in [0.717, 1.165) is 6.42 Å². The lowest BCUT2D eigenvalue weighted by molar-refractivity contribution is -0.144. The van der Waals surface area contributed by atoms with Crippen LogP contribution < -0.4 is 16.4 Å². The largest absolute Gasteiger partial charge is 0.480 e. The molecule has 184 valence electrons. The SMILES string of the molecule is CCC(C)C(N)C(=O)N1CCCC1C(=O)NC(CCSC)C(=O)NC(C(=O)O)C(C)CC. The molecule has 0 aliphatic carbocycles. The van der Waals surface area contributed by atoms with Gasteiger partial charge in [0.15, 0.2) is 0 Å². The van der Waals surface area contributed by atoms with Crippen molar-refractivity contribution in [2.75, 3.05) is 18.6 Å². The smallest absolute Gasteiger partial charge is 0.326 e. The number of nitrogens with one attached hydrogen (secondary N) is 2. The molecule has 1 aliphatic rings. The fraction of sp³-hybridized carbons (Fsp3) is 0.818. The Balaban J connectivity index is 2.93. The topological polar surface area (TPSA) is 142 Å². The molecule has 9 nitrogen and oxygen atoms in total. The summed E-state index contributed by atoms with van der Waals surface area (Å²) in [5.41, 5.74) is 6.11. The Labute approximate surface area is 195 Å². The summed E-state index contributed by atoms with van der Waals surface area (Å²) in [5.74, 6) is -1.90. The Hall–Kier alpha value is -1.81. The number of carboxylic acids is 1. The van der Waals surface area contributed by atoms with Crippen molar-refractivity contribution in [3.63, 3.8) is 0 Å². The van der Waals surface area contributed by atoms with Crippen molar-refractivity contribution in [1.29, 1.82) is 0 Å². The molecule has 10 heteroatoms. The number of hydrogen-bond acceptors (Lipinski definition) is 6. The zero-order valence-electron chi connectivity index (χ0n) is 19.9. The Morgan fingerprint density at radius 2 is 1.75 bits per heavy atom. The second-order valence-electron chi connectivity index (χ2n) is 8.65. The number of nitrogens with two attached hydrogens (primary N) is 1. The molecule has 0 aromatic heterocycles. The number of nitrogens with zero attached hydrogens (tertiary/aromatic N) is 1. The highest BCUT2D eigenvalue weighted by molar-refractivity contribution is 7.98. The maximum Gasteiger partial charge on any atom is 0.326 e. The number of amides is 3. The van der Waals surface area contributed by atoms with Crippen LogP contribution in [0.2, 0.25) is 0 Å². The van der Waals surface area contributed by atoms with E-state index >= 15 is 0 Å². The minimum Gasteiger partial charge on any atom is -0.480 e. The van der Waals surface area contributed by atoms with E-state index in [2.05, 4.69) is 10.6 Å². The Bertz CT molecular complexity index is 662. The van der Waals surface area contributed by atoms with Crippen LogP contribution in [0.25, 0.3) is 0 Å². The van der Waals surface area contributed by atoms with Crippen LogP contribution in [0, 0.1) is 11.8 Å². The van der Waals surface area contributed by atoms with Crippen molar-refractivity contribution < 1.29 is 24.3 Å². The Morgan fingerprint density at radius 3 is 2.28 bits per heavy atom. The van der Waals surface area contributed by atoms with Crippen molar-refractivity contribution in [1.82, 2.24) is 15.5 Å². The normalized spacial score (nSPS) is 20.7. The predicted molar refractivity (Wildman–Crippen MR) is 126 cm³/mol.